The predicted octanol–water partition coefficient (Wildman–Crippen LogP) is 4.14. The number of ketones is 1. The Morgan fingerprint density at radius 1 is 1.00 bits per heavy atom. The van der Waals surface area contributed by atoms with Gasteiger partial charge in [0.1, 0.15) is 0 Å². The Balaban J connectivity index is 1.55. The van der Waals surface area contributed by atoms with E-state index in [9.17, 15) is 18.0 Å². The first-order valence-electron chi connectivity index (χ1n) is 10.4. The van der Waals surface area contributed by atoms with Crippen molar-refractivity contribution in [2.24, 2.45) is 0 Å². The number of hydrogen-bond acceptors (Lipinski definition) is 4. The van der Waals surface area contributed by atoms with Crippen LogP contribution >= 0.6 is 11.6 Å². The summed E-state index contributed by atoms with van der Waals surface area (Å²) in [6, 6.07) is 15.2. The smallest absolute Gasteiger partial charge is 0.251 e. The molecule has 1 fully saturated rings. The highest BCUT2D eigenvalue weighted by molar-refractivity contribution is 7.89. The largest absolute Gasteiger partial charge is 0.306 e. The highest BCUT2D eigenvalue weighted by Gasteiger charge is 2.27. The van der Waals surface area contributed by atoms with Crippen molar-refractivity contribution >= 4 is 27.4 Å². The maximum absolute atomic E-state index is 12.8. The highest BCUT2D eigenvalue weighted by Crippen LogP contribution is 2.26. The summed E-state index contributed by atoms with van der Waals surface area (Å²) in [5.74, 6) is -0.276. The summed E-state index contributed by atoms with van der Waals surface area (Å²) >= 11 is 6.02. The molecule has 0 N–H and O–H groups in total. The molecule has 0 radical (unpaired) electrons. The van der Waals surface area contributed by atoms with Gasteiger partial charge >= 0.3 is 0 Å². The molecular formula is C24H23ClN2O4S. The van der Waals surface area contributed by atoms with Crippen LogP contribution in [0.1, 0.15) is 28.8 Å². The van der Waals surface area contributed by atoms with E-state index >= 15 is 0 Å². The third kappa shape index (κ3) is 4.55. The number of Topliss-reactive ketones (excluding diaryl/α,β-unsaturated/α-hetero) is 1. The number of carbonyl (C=O) groups is 1. The Morgan fingerprint density at radius 3 is 2.34 bits per heavy atom. The van der Waals surface area contributed by atoms with E-state index in [1.165, 1.54) is 22.6 Å². The second-order valence-electron chi connectivity index (χ2n) is 7.90. The summed E-state index contributed by atoms with van der Waals surface area (Å²) in [5.41, 5.74) is 3.02. The fraction of sp³-hybridized carbons (Fsp3) is 0.250. The molecule has 1 aliphatic heterocycles. The van der Waals surface area contributed by atoms with Gasteiger partial charge in [-0.3, -0.25) is 9.59 Å². The lowest BCUT2D eigenvalue weighted by atomic mass is 9.99. The van der Waals surface area contributed by atoms with Crippen LogP contribution in [0.25, 0.3) is 11.1 Å². The summed E-state index contributed by atoms with van der Waals surface area (Å²) < 4.78 is 28.2. The quantitative estimate of drug-likeness (QED) is 0.507. The number of aryl methyl sites for hydroxylation is 1. The summed E-state index contributed by atoms with van der Waals surface area (Å²) in [4.78, 5) is 25.1. The van der Waals surface area contributed by atoms with Gasteiger partial charge in [-0.1, -0.05) is 41.9 Å². The van der Waals surface area contributed by atoms with Crippen LogP contribution in [0.3, 0.4) is 0 Å². The van der Waals surface area contributed by atoms with Crippen LogP contribution in [-0.4, -0.2) is 36.2 Å². The predicted molar refractivity (Wildman–Crippen MR) is 125 cm³/mol. The SMILES string of the molecule is Cc1cc(Cl)ccc1-c1ccc(C(=O)Cn2cc(S(=O)(=O)N3CCCC3)ccc2=O)cc1. The van der Waals surface area contributed by atoms with E-state index in [1.54, 1.807) is 12.1 Å². The number of nitrogens with zero attached hydrogens (tertiary/aromatic N) is 2. The molecule has 0 amide bonds. The van der Waals surface area contributed by atoms with E-state index in [0.29, 0.717) is 23.7 Å². The van der Waals surface area contributed by atoms with E-state index in [-0.39, 0.29) is 17.2 Å². The van der Waals surface area contributed by atoms with Crippen LogP contribution in [0.15, 0.2) is 70.5 Å². The molecule has 3 aromatic rings. The molecule has 1 saturated heterocycles. The van der Waals surface area contributed by atoms with E-state index in [1.807, 2.05) is 37.3 Å². The topological polar surface area (TPSA) is 76.5 Å². The average Bonchev–Trinajstić information content (AvgIpc) is 3.31. The Morgan fingerprint density at radius 2 is 1.69 bits per heavy atom. The van der Waals surface area contributed by atoms with Crippen molar-refractivity contribution in [3.05, 3.63) is 87.3 Å². The molecule has 8 heteroatoms. The number of aromatic nitrogens is 1. The molecule has 1 aliphatic rings. The van der Waals surface area contributed by atoms with Crippen molar-refractivity contribution in [3.63, 3.8) is 0 Å². The van der Waals surface area contributed by atoms with Crippen LogP contribution in [0.4, 0.5) is 0 Å². The van der Waals surface area contributed by atoms with Crippen LogP contribution in [0.2, 0.25) is 5.02 Å². The molecule has 0 unspecified atom stereocenters. The number of sulfonamides is 1. The Kier molecular flexibility index (Phi) is 6.33. The molecule has 4 rings (SSSR count). The van der Waals surface area contributed by atoms with Crippen LogP contribution in [-0.2, 0) is 16.6 Å². The van der Waals surface area contributed by atoms with Crippen LogP contribution in [0.5, 0.6) is 0 Å². The van der Waals surface area contributed by atoms with Crippen molar-refractivity contribution in [3.8, 4) is 11.1 Å². The van der Waals surface area contributed by atoms with Crippen LogP contribution in [0, 0.1) is 6.92 Å². The molecule has 166 valence electrons. The summed E-state index contributed by atoms with van der Waals surface area (Å²) in [5, 5.41) is 0.664. The molecule has 0 spiro atoms. The first-order valence-corrected chi connectivity index (χ1v) is 12.2. The van der Waals surface area contributed by atoms with Gasteiger partial charge in [-0.25, -0.2) is 8.42 Å². The lowest BCUT2D eigenvalue weighted by molar-refractivity contribution is 0.0970. The van der Waals surface area contributed by atoms with Gasteiger partial charge in [-0.15, -0.1) is 0 Å². The zero-order valence-electron chi connectivity index (χ0n) is 17.6. The zero-order chi connectivity index (χ0) is 22.9. The standard InChI is InChI=1S/C24H23ClN2O4S/c1-17-14-20(25)8-10-22(17)18-4-6-19(7-5-18)23(28)16-26-15-21(9-11-24(26)29)32(30,31)27-12-2-3-13-27/h4-11,14-15H,2-3,12-13,16H2,1H3. The number of halogens is 1. The molecule has 0 atom stereocenters. The van der Waals surface area contributed by atoms with Crippen molar-refractivity contribution in [1.82, 2.24) is 8.87 Å². The third-order valence-electron chi connectivity index (χ3n) is 5.68. The normalized spacial score (nSPS) is 14.6. The first kappa shape index (κ1) is 22.5. The van der Waals surface area contributed by atoms with Crippen molar-refractivity contribution in [2.45, 2.75) is 31.2 Å². The second kappa shape index (κ2) is 9.02. The fourth-order valence-electron chi connectivity index (χ4n) is 3.90. The van der Waals surface area contributed by atoms with Gasteiger partial charge in [0.2, 0.25) is 10.0 Å². The Labute approximate surface area is 192 Å². The highest BCUT2D eigenvalue weighted by atomic mass is 35.5. The second-order valence-corrected chi connectivity index (χ2v) is 10.3. The third-order valence-corrected chi connectivity index (χ3v) is 7.80. The molecule has 1 aromatic heterocycles. The Bertz CT molecular complexity index is 1320. The minimum absolute atomic E-state index is 0.0281. The van der Waals surface area contributed by atoms with E-state index in [2.05, 4.69) is 0 Å². The summed E-state index contributed by atoms with van der Waals surface area (Å²) in [6.07, 6.45) is 2.91. The number of benzene rings is 2. The van der Waals surface area contributed by atoms with E-state index < -0.39 is 15.6 Å². The maximum Gasteiger partial charge on any atom is 0.251 e. The number of pyridine rings is 1. The molecular weight excluding hydrogens is 448 g/mol. The lowest BCUT2D eigenvalue weighted by Gasteiger charge is -2.16. The van der Waals surface area contributed by atoms with Gasteiger partial charge in [0.25, 0.3) is 5.56 Å². The monoisotopic (exact) mass is 470 g/mol. The number of hydrogen-bond donors (Lipinski definition) is 0. The van der Waals surface area contributed by atoms with Crippen molar-refractivity contribution < 1.29 is 13.2 Å². The van der Waals surface area contributed by atoms with Gasteiger partial charge in [0.05, 0.1) is 11.4 Å². The molecule has 2 heterocycles. The average molecular weight is 471 g/mol. The van der Waals surface area contributed by atoms with Gasteiger partial charge in [-0.2, -0.15) is 4.31 Å². The van der Waals surface area contributed by atoms with Crippen LogP contribution < -0.4 is 5.56 Å². The van der Waals surface area contributed by atoms with E-state index in [0.717, 1.165) is 34.1 Å². The minimum Gasteiger partial charge on any atom is -0.306 e. The molecule has 0 bridgehead atoms. The van der Waals surface area contributed by atoms with Crippen molar-refractivity contribution in [2.75, 3.05) is 13.1 Å². The van der Waals surface area contributed by atoms with Crippen molar-refractivity contribution in [1.29, 1.82) is 0 Å². The molecule has 6 nitrogen and oxygen atoms in total. The van der Waals surface area contributed by atoms with Gasteiger partial charge in [0.15, 0.2) is 5.78 Å². The fourth-order valence-corrected chi connectivity index (χ4v) is 5.66. The molecule has 32 heavy (non-hydrogen) atoms. The van der Waals surface area contributed by atoms with Gasteiger partial charge in [0, 0.05) is 35.9 Å². The number of rotatable bonds is 6. The minimum atomic E-state index is -3.67. The number of carbonyl (C=O) groups excluding carboxylic acids is 1. The van der Waals surface area contributed by atoms with Gasteiger partial charge < -0.3 is 4.57 Å². The zero-order valence-corrected chi connectivity index (χ0v) is 19.2. The molecule has 2 aromatic carbocycles. The first-order chi connectivity index (χ1) is 15.3. The molecule has 0 aliphatic carbocycles. The summed E-state index contributed by atoms with van der Waals surface area (Å²) in [7, 11) is -3.67. The van der Waals surface area contributed by atoms with E-state index in [4.69, 9.17) is 11.6 Å². The summed E-state index contributed by atoms with van der Waals surface area (Å²) in [6.45, 7) is 2.68. The lowest BCUT2D eigenvalue weighted by Crippen LogP contribution is -2.30. The maximum atomic E-state index is 12.8. The Hall–Kier alpha value is -2.74. The van der Waals surface area contributed by atoms with Gasteiger partial charge in [-0.05, 0) is 54.7 Å². The molecule has 0 saturated carbocycles.